The van der Waals surface area contributed by atoms with E-state index in [1.165, 1.54) is 12.1 Å². The second-order valence-corrected chi connectivity index (χ2v) is 9.81. The smallest absolute Gasteiger partial charge is 0.238 e. The summed E-state index contributed by atoms with van der Waals surface area (Å²) in [4.78, 5) is 31.9. The van der Waals surface area contributed by atoms with E-state index in [2.05, 4.69) is 15.6 Å². The molecule has 2 fully saturated rings. The molecule has 1 spiro atoms. The van der Waals surface area contributed by atoms with Crippen molar-refractivity contribution in [3.05, 3.63) is 59.4 Å². The Morgan fingerprint density at radius 1 is 1.20 bits per heavy atom. The third-order valence-corrected chi connectivity index (χ3v) is 7.32. The number of aromatic nitrogens is 2. The number of likely N-dealkylation sites (tertiary alicyclic amines) is 1. The normalized spacial score (nSPS) is 23.0. The van der Waals surface area contributed by atoms with E-state index in [4.69, 9.17) is 0 Å². The van der Waals surface area contributed by atoms with Gasteiger partial charge in [-0.05, 0) is 55.7 Å². The molecule has 7 nitrogen and oxygen atoms in total. The van der Waals surface area contributed by atoms with Crippen LogP contribution < -0.4 is 10.6 Å². The summed E-state index contributed by atoms with van der Waals surface area (Å²) in [6.45, 7) is 2.88. The summed E-state index contributed by atoms with van der Waals surface area (Å²) < 4.78 is 30.1. The Hall–Kier alpha value is -3.33. The minimum atomic E-state index is -0.668. The zero-order valence-corrected chi connectivity index (χ0v) is 19.9. The van der Waals surface area contributed by atoms with Gasteiger partial charge in [0.15, 0.2) is 0 Å². The zero-order chi connectivity index (χ0) is 24.7. The van der Waals surface area contributed by atoms with Crippen molar-refractivity contribution in [3.63, 3.8) is 0 Å². The largest absolute Gasteiger partial charge is 0.349 e. The van der Waals surface area contributed by atoms with Gasteiger partial charge in [-0.1, -0.05) is 6.42 Å². The molecule has 2 atom stereocenters. The summed E-state index contributed by atoms with van der Waals surface area (Å²) in [6, 6.07) is 9.12. The molecule has 0 saturated carbocycles. The van der Waals surface area contributed by atoms with Gasteiger partial charge in [0.05, 0.1) is 23.1 Å². The van der Waals surface area contributed by atoms with Crippen molar-refractivity contribution >= 4 is 28.5 Å². The summed E-state index contributed by atoms with van der Waals surface area (Å²) in [7, 11) is 1.94. The first-order valence-corrected chi connectivity index (χ1v) is 11.9. The fourth-order valence-electron chi connectivity index (χ4n) is 5.64. The highest BCUT2D eigenvalue weighted by Gasteiger charge is 2.49. The van der Waals surface area contributed by atoms with Crippen LogP contribution >= 0.6 is 0 Å². The first kappa shape index (κ1) is 23.4. The van der Waals surface area contributed by atoms with E-state index >= 15 is 0 Å². The predicted octanol–water partition coefficient (Wildman–Crippen LogP) is 3.63. The molecule has 2 aromatic carbocycles. The molecule has 9 heteroatoms. The Bertz CT molecular complexity index is 1290. The average Bonchev–Trinajstić information content (AvgIpc) is 3.18. The van der Waals surface area contributed by atoms with E-state index in [1.807, 2.05) is 41.6 Å². The third kappa shape index (κ3) is 4.65. The number of carbonyl (C=O) groups is 2. The first-order chi connectivity index (χ1) is 16.7. The number of nitrogens with one attached hydrogen (secondary N) is 2. The van der Waals surface area contributed by atoms with Crippen molar-refractivity contribution < 1.29 is 18.4 Å². The number of carbonyl (C=O) groups excluding carboxylic acids is 2. The number of fused-ring (bicyclic) bond motifs is 1. The van der Waals surface area contributed by atoms with E-state index in [0.717, 1.165) is 35.8 Å². The number of rotatable bonds is 4. The molecule has 2 N–H and O–H groups in total. The Morgan fingerprint density at radius 2 is 1.97 bits per heavy atom. The predicted molar refractivity (Wildman–Crippen MR) is 129 cm³/mol. The quantitative estimate of drug-likeness (QED) is 0.597. The number of amides is 2. The Labute approximate surface area is 202 Å². The van der Waals surface area contributed by atoms with E-state index in [-0.39, 0.29) is 24.3 Å². The molecule has 2 saturated heterocycles. The van der Waals surface area contributed by atoms with Gasteiger partial charge in [-0.2, -0.15) is 0 Å². The SMILES string of the molecule is Cc1nc2cc(NC(=O)CN3C[C@@H](c4cc(F)cc(F)c4)[C@@]4(CCCCC(=O)N4)C3)ccc2n1C. The molecule has 0 unspecified atom stereocenters. The van der Waals surface area contributed by atoms with E-state index in [9.17, 15) is 18.4 Å². The molecule has 2 aliphatic heterocycles. The summed E-state index contributed by atoms with van der Waals surface area (Å²) in [6.07, 6.45) is 2.72. The van der Waals surface area contributed by atoms with Crippen LogP contribution in [0, 0.1) is 18.6 Å². The van der Waals surface area contributed by atoms with Gasteiger partial charge in [0, 0.05) is 44.2 Å². The lowest BCUT2D eigenvalue weighted by molar-refractivity contribution is -0.122. The van der Waals surface area contributed by atoms with Gasteiger partial charge < -0.3 is 15.2 Å². The number of imidazole rings is 1. The second-order valence-electron chi connectivity index (χ2n) is 9.81. The van der Waals surface area contributed by atoms with Crippen LogP contribution in [0.1, 0.15) is 43.0 Å². The van der Waals surface area contributed by atoms with Crippen molar-refractivity contribution in [2.75, 3.05) is 25.0 Å². The molecular weight excluding hydrogens is 452 g/mol. The van der Waals surface area contributed by atoms with Gasteiger partial charge in [0.1, 0.15) is 17.5 Å². The lowest BCUT2D eigenvalue weighted by atomic mass is 9.79. The maximum atomic E-state index is 14.1. The first-order valence-electron chi connectivity index (χ1n) is 11.9. The van der Waals surface area contributed by atoms with Gasteiger partial charge in [0.2, 0.25) is 11.8 Å². The van der Waals surface area contributed by atoms with Crippen LogP contribution in [-0.4, -0.2) is 51.4 Å². The second kappa shape index (κ2) is 9.03. The minimum Gasteiger partial charge on any atom is -0.349 e. The molecule has 0 aliphatic carbocycles. The molecule has 35 heavy (non-hydrogen) atoms. The highest BCUT2D eigenvalue weighted by molar-refractivity contribution is 5.94. The summed E-state index contributed by atoms with van der Waals surface area (Å²) in [5.74, 6) is -0.989. The zero-order valence-electron chi connectivity index (χ0n) is 19.9. The third-order valence-electron chi connectivity index (χ3n) is 7.32. The fraction of sp³-hybridized carbons (Fsp3) is 0.423. The molecule has 5 rings (SSSR count). The van der Waals surface area contributed by atoms with Gasteiger partial charge in [-0.15, -0.1) is 0 Å². The summed E-state index contributed by atoms with van der Waals surface area (Å²) in [5, 5.41) is 6.09. The fourth-order valence-corrected chi connectivity index (χ4v) is 5.64. The maximum absolute atomic E-state index is 14.1. The molecular formula is C26H29F2N5O2. The van der Waals surface area contributed by atoms with Crippen LogP contribution in [-0.2, 0) is 16.6 Å². The number of nitrogens with zero attached hydrogens (tertiary/aromatic N) is 3. The standard InChI is InChI=1S/C26H29F2N5O2/c1-16-29-22-12-20(6-7-23(22)32(16)2)30-25(35)14-33-13-21(17-9-18(27)11-19(28)10-17)26(15-33)8-4-3-5-24(34)31-26/h6-7,9-12,21H,3-5,8,13-15H2,1-2H3,(H,30,35)(H,31,34)/t21-,26+/m0/s1. The van der Waals surface area contributed by atoms with Gasteiger partial charge in [0.25, 0.3) is 0 Å². The summed E-state index contributed by atoms with van der Waals surface area (Å²) >= 11 is 0. The number of benzene rings is 2. The van der Waals surface area contributed by atoms with Crippen molar-refractivity contribution in [2.24, 2.45) is 7.05 Å². The van der Waals surface area contributed by atoms with E-state index < -0.39 is 17.2 Å². The highest BCUT2D eigenvalue weighted by Crippen LogP contribution is 2.41. The van der Waals surface area contributed by atoms with Crippen LogP contribution in [0.25, 0.3) is 11.0 Å². The number of anilines is 1. The molecule has 0 radical (unpaired) electrons. The summed E-state index contributed by atoms with van der Waals surface area (Å²) in [5.41, 5.74) is 2.27. The molecule has 184 valence electrons. The molecule has 2 amide bonds. The number of halogens is 2. The van der Waals surface area contributed by atoms with Gasteiger partial charge >= 0.3 is 0 Å². The number of hydrogen-bond acceptors (Lipinski definition) is 4. The number of aryl methyl sites for hydroxylation is 2. The Morgan fingerprint density at radius 3 is 2.74 bits per heavy atom. The van der Waals surface area contributed by atoms with Gasteiger partial charge in [-0.25, -0.2) is 13.8 Å². The lowest BCUT2D eigenvalue weighted by Crippen LogP contribution is -2.52. The molecule has 0 bridgehead atoms. The maximum Gasteiger partial charge on any atom is 0.238 e. The van der Waals surface area contributed by atoms with Crippen molar-refractivity contribution in [3.8, 4) is 0 Å². The monoisotopic (exact) mass is 481 g/mol. The molecule has 2 aliphatic rings. The molecule has 1 aromatic heterocycles. The minimum absolute atomic E-state index is 0.0605. The van der Waals surface area contributed by atoms with Crippen molar-refractivity contribution in [1.29, 1.82) is 0 Å². The van der Waals surface area contributed by atoms with Crippen molar-refractivity contribution in [2.45, 2.75) is 44.1 Å². The van der Waals surface area contributed by atoms with Gasteiger partial charge in [-0.3, -0.25) is 14.5 Å². The van der Waals surface area contributed by atoms with E-state index in [1.54, 1.807) is 0 Å². The average molecular weight is 482 g/mol. The number of hydrogen-bond donors (Lipinski definition) is 2. The van der Waals surface area contributed by atoms with Crippen LogP contribution in [0.15, 0.2) is 36.4 Å². The lowest BCUT2D eigenvalue weighted by Gasteiger charge is -2.35. The van der Waals surface area contributed by atoms with Crippen molar-refractivity contribution in [1.82, 2.24) is 19.8 Å². The highest BCUT2D eigenvalue weighted by atomic mass is 19.1. The van der Waals surface area contributed by atoms with E-state index in [0.29, 0.717) is 37.2 Å². The van der Waals surface area contributed by atoms with Crippen LogP contribution in [0.5, 0.6) is 0 Å². The Balaban J connectivity index is 1.36. The Kier molecular flexibility index (Phi) is 6.04. The van der Waals surface area contributed by atoms with Crippen LogP contribution in [0.4, 0.5) is 14.5 Å². The van der Waals surface area contributed by atoms with Crippen LogP contribution in [0.2, 0.25) is 0 Å². The molecule has 3 aromatic rings. The topological polar surface area (TPSA) is 79.3 Å². The van der Waals surface area contributed by atoms with Crippen LogP contribution in [0.3, 0.4) is 0 Å². The molecule has 3 heterocycles.